The number of para-hydroxylation sites is 1. The number of rotatable bonds is 1. The largest absolute Gasteiger partial charge is 0.495 e. The summed E-state index contributed by atoms with van der Waals surface area (Å²) in [5.41, 5.74) is 0.589. The predicted molar refractivity (Wildman–Crippen MR) is 45.5 cm³/mol. The van der Waals surface area contributed by atoms with Gasteiger partial charge >= 0.3 is 0 Å². The first kappa shape index (κ1) is 4.46. The van der Waals surface area contributed by atoms with Gasteiger partial charge in [0.1, 0.15) is 5.75 Å². The maximum absolute atomic E-state index is 6.96. The maximum Gasteiger partial charge on any atom is 0.134 e. The van der Waals surface area contributed by atoms with Crippen molar-refractivity contribution in [3.63, 3.8) is 0 Å². The molecule has 0 radical (unpaired) electrons. The van der Waals surface area contributed by atoms with Crippen LogP contribution in [-0.4, -0.2) is 7.04 Å². The zero-order valence-corrected chi connectivity index (χ0v) is 6.22. The van der Waals surface area contributed by atoms with Crippen molar-refractivity contribution in [2.75, 3.05) is 7.04 Å². The number of benzene rings is 1. The van der Waals surface area contributed by atoms with E-state index in [1.54, 1.807) is 31.2 Å². The zero-order chi connectivity index (χ0) is 10.6. The van der Waals surface area contributed by atoms with Gasteiger partial charge in [0.05, 0.1) is 16.7 Å². The van der Waals surface area contributed by atoms with Crippen molar-refractivity contribution in [3.8, 4) is 17.6 Å². The molecule has 0 aliphatic heterocycles. The normalized spacial score (nSPS) is 13.4. The molecule has 0 fully saturated rings. The molecule has 0 saturated carbocycles. The van der Waals surface area contributed by atoms with Crippen molar-refractivity contribution in [2.24, 2.45) is 0 Å². The first-order valence-electron chi connectivity index (χ1n) is 4.74. The molecule has 0 N–H and O–H groups in total. The minimum Gasteiger partial charge on any atom is -0.495 e. The van der Waals surface area contributed by atoms with Crippen LogP contribution in [0.1, 0.15) is 16.6 Å². The van der Waals surface area contributed by atoms with Crippen molar-refractivity contribution in [1.82, 2.24) is 0 Å². The molecule has 56 valence electrons. The van der Waals surface area contributed by atoms with Gasteiger partial charge in [-0.1, -0.05) is 18.1 Å². The van der Waals surface area contributed by atoms with Crippen LogP contribution in [0.3, 0.4) is 0 Å². The van der Waals surface area contributed by atoms with Gasteiger partial charge < -0.3 is 4.74 Å². The summed E-state index contributed by atoms with van der Waals surface area (Å²) in [6.07, 6.45) is 0. The highest BCUT2D eigenvalue weighted by atomic mass is 16.5. The average molecular weight is 149 g/mol. The number of methoxy groups -OCH3 is 1. The fraction of sp³-hybridized carbons (Fsp3) is 0.200. The van der Waals surface area contributed by atoms with E-state index in [0.29, 0.717) is 11.3 Å². The summed E-state index contributed by atoms with van der Waals surface area (Å²) >= 11 is 0. The van der Waals surface area contributed by atoms with E-state index in [1.165, 1.54) is 0 Å². The van der Waals surface area contributed by atoms with Gasteiger partial charge in [-0.25, -0.2) is 0 Å². The van der Waals surface area contributed by atoms with E-state index < -0.39 is 7.04 Å². The third kappa shape index (κ3) is 1.75. The van der Waals surface area contributed by atoms with E-state index in [2.05, 4.69) is 11.8 Å². The van der Waals surface area contributed by atoms with E-state index in [9.17, 15) is 0 Å². The third-order valence-electron chi connectivity index (χ3n) is 1.26. The van der Waals surface area contributed by atoms with Crippen LogP contribution in [0.25, 0.3) is 0 Å². The van der Waals surface area contributed by atoms with Gasteiger partial charge in [0.15, 0.2) is 0 Å². The Bertz CT molecular complexity index is 371. The SMILES string of the molecule is [2H]C([2H])([2H])Oc1ccccc1C#CC. The van der Waals surface area contributed by atoms with Gasteiger partial charge in [-0.05, 0) is 19.1 Å². The molecule has 1 heteroatoms. The second-order valence-corrected chi connectivity index (χ2v) is 1.97. The summed E-state index contributed by atoms with van der Waals surface area (Å²) in [4.78, 5) is 0. The highest BCUT2D eigenvalue weighted by molar-refractivity contribution is 5.45. The predicted octanol–water partition coefficient (Wildman–Crippen LogP) is 2.07. The topological polar surface area (TPSA) is 9.23 Å². The molecule has 0 aliphatic carbocycles. The minimum absolute atomic E-state index is 0.293. The second-order valence-electron chi connectivity index (χ2n) is 1.97. The third-order valence-corrected chi connectivity index (χ3v) is 1.26. The van der Waals surface area contributed by atoms with Gasteiger partial charge in [0.2, 0.25) is 0 Å². The lowest BCUT2D eigenvalue weighted by atomic mass is 10.2. The van der Waals surface area contributed by atoms with E-state index in [4.69, 9.17) is 8.85 Å². The standard InChI is InChI=1S/C10H10O/c1-3-6-9-7-4-5-8-10(9)11-2/h4-5,7-8H,1-2H3/i2D3. The van der Waals surface area contributed by atoms with Crippen LogP contribution >= 0.6 is 0 Å². The van der Waals surface area contributed by atoms with E-state index >= 15 is 0 Å². The van der Waals surface area contributed by atoms with Gasteiger partial charge in [0.25, 0.3) is 0 Å². The minimum atomic E-state index is -2.43. The molecule has 0 unspecified atom stereocenters. The zero-order valence-electron chi connectivity index (χ0n) is 9.22. The molecule has 1 nitrogen and oxygen atoms in total. The Balaban J connectivity index is 3.00. The summed E-state index contributed by atoms with van der Waals surface area (Å²) in [7, 11) is -2.43. The maximum atomic E-state index is 6.96. The van der Waals surface area contributed by atoms with Crippen LogP contribution in [0.4, 0.5) is 0 Å². The van der Waals surface area contributed by atoms with Crippen molar-refractivity contribution in [3.05, 3.63) is 29.8 Å². The molecule has 0 bridgehead atoms. The number of hydrogen-bond acceptors (Lipinski definition) is 1. The molecule has 0 spiro atoms. The second kappa shape index (κ2) is 3.68. The van der Waals surface area contributed by atoms with E-state index in [0.717, 1.165) is 0 Å². The van der Waals surface area contributed by atoms with Crippen LogP contribution < -0.4 is 4.74 Å². The van der Waals surface area contributed by atoms with E-state index in [1.807, 2.05) is 0 Å². The molecule has 0 aromatic heterocycles. The molecule has 0 heterocycles. The fourth-order valence-corrected chi connectivity index (χ4v) is 0.794. The first-order chi connectivity index (χ1) is 6.53. The molecule has 1 aromatic carbocycles. The average Bonchev–Trinajstić information content (AvgIpc) is 2.06. The lowest BCUT2D eigenvalue weighted by molar-refractivity contribution is 0.413. The number of hydrogen-bond donors (Lipinski definition) is 0. The Morgan fingerprint density at radius 2 is 2.27 bits per heavy atom. The Morgan fingerprint density at radius 1 is 1.45 bits per heavy atom. The van der Waals surface area contributed by atoms with Gasteiger partial charge in [-0.2, -0.15) is 0 Å². The van der Waals surface area contributed by atoms with Crippen molar-refractivity contribution in [1.29, 1.82) is 0 Å². The summed E-state index contributed by atoms with van der Waals surface area (Å²) in [5, 5.41) is 0. The van der Waals surface area contributed by atoms with E-state index in [-0.39, 0.29) is 0 Å². The van der Waals surface area contributed by atoms with Crippen LogP contribution in [0.5, 0.6) is 5.75 Å². The van der Waals surface area contributed by atoms with Crippen LogP contribution in [0.15, 0.2) is 24.3 Å². The quantitative estimate of drug-likeness (QED) is 0.555. The summed E-state index contributed by atoms with van der Waals surface area (Å²) in [6, 6.07) is 6.80. The number of ether oxygens (including phenoxy) is 1. The molecule has 0 amide bonds. The van der Waals surface area contributed by atoms with Gasteiger partial charge in [-0.3, -0.25) is 0 Å². The Morgan fingerprint density at radius 3 is 3.00 bits per heavy atom. The smallest absolute Gasteiger partial charge is 0.134 e. The van der Waals surface area contributed by atoms with Gasteiger partial charge in [0, 0.05) is 0 Å². The van der Waals surface area contributed by atoms with Crippen molar-refractivity contribution in [2.45, 2.75) is 6.92 Å². The Hall–Kier alpha value is -1.42. The summed E-state index contributed by atoms with van der Waals surface area (Å²) in [6.45, 7) is 1.69. The Labute approximate surface area is 71.2 Å². The molecule has 0 aliphatic rings. The first-order valence-corrected chi connectivity index (χ1v) is 3.24. The lowest BCUT2D eigenvalue weighted by Gasteiger charge is -2.00. The molecule has 1 aromatic rings. The van der Waals surface area contributed by atoms with Crippen LogP contribution in [0, 0.1) is 11.8 Å². The molecular weight excluding hydrogens is 136 g/mol. The monoisotopic (exact) mass is 149 g/mol. The molecule has 0 saturated heterocycles. The summed E-state index contributed by atoms with van der Waals surface area (Å²) in [5.74, 6) is 5.76. The highest BCUT2D eigenvalue weighted by Gasteiger charge is 1.94. The van der Waals surface area contributed by atoms with Crippen LogP contribution in [0.2, 0.25) is 0 Å². The molecular formula is C10H10O. The van der Waals surface area contributed by atoms with Crippen molar-refractivity contribution < 1.29 is 8.85 Å². The lowest BCUT2D eigenvalue weighted by Crippen LogP contribution is -1.85. The molecule has 11 heavy (non-hydrogen) atoms. The van der Waals surface area contributed by atoms with Crippen LogP contribution in [-0.2, 0) is 0 Å². The Kier molecular flexibility index (Phi) is 1.49. The van der Waals surface area contributed by atoms with Gasteiger partial charge in [-0.15, -0.1) is 5.92 Å². The molecule has 1 rings (SSSR count). The summed E-state index contributed by atoms with van der Waals surface area (Å²) < 4.78 is 25.7. The fourth-order valence-electron chi connectivity index (χ4n) is 0.794. The van der Waals surface area contributed by atoms with Crippen molar-refractivity contribution >= 4 is 0 Å². The highest BCUT2D eigenvalue weighted by Crippen LogP contribution is 2.15. The molecule has 0 atom stereocenters.